The highest BCUT2D eigenvalue weighted by molar-refractivity contribution is 14.1. The summed E-state index contributed by atoms with van der Waals surface area (Å²) in [4.78, 5) is 12.2. The SMILES string of the molecule is Cc1ccc(Cl)c(NC(=O)c2ccc(F)cc2I)c1Cl. The van der Waals surface area contributed by atoms with E-state index in [1.165, 1.54) is 18.2 Å². The molecule has 0 aliphatic carbocycles. The number of halogens is 4. The number of hydrogen-bond acceptors (Lipinski definition) is 1. The number of benzene rings is 2. The molecule has 0 aliphatic rings. The molecule has 2 aromatic rings. The molecule has 0 aromatic heterocycles. The van der Waals surface area contributed by atoms with Crippen molar-refractivity contribution in [1.29, 1.82) is 0 Å². The monoisotopic (exact) mass is 423 g/mol. The third-order valence-electron chi connectivity index (χ3n) is 2.70. The zero-order valence-corrected chi connectivity index (χ0v) is 14.0. The first kappa shape index (κ1) is 15.5. The van der Waals surface area contributed by atoms with Crippen LogP contribution in [0.25, 0.3) is 0 Å². The number of rotatable bonds is 2. The Morgan fingerprint density at radius 3 is 2.60 bits per heavy atom. The number of carbonyl (C=O) groups excluding carboxylic acids is 1. The third-order valence-corrected chi connectivity index (χ3v) is 4.39. The van der Waals surface area contributed by atoms with Crippen molar-refractivity contribution in [1.82, 2.24) is 0 Å². The zero-order chi connectivity index (χ0) is 14.9. The summed E-state index contributed by atoms with van der Waals surface area (Å²) in [5.41, 5.74) is 1.53. The molecule has 104 valence electrons. The van der Waals surface area contributed by atoms with Crippen LogP contribution in [0.5, 0.6) is 0 Å². The van der Waals surface area contributed by atoms with Gasteiger partial charge in [-0.1, -0.05) is 29.3 Å². The maximum absolute atomic E-state index is 13.0. The van der Waals surface area contributed by atoms with Crippen LogP contribution in [0.4, 0.5) is 10.1 Å². The van der Waals surface area contributed by atoms with Crippen molar-refractivity contribution in [3.63, 3.8) is 0 Å². The quantitative estimate of drug-likeness (QED) is 0.652. The van der Waals surface area contributed by atoms with Gasteiger partial charge in [0.05, 0.1) is 21.3 Å². The van der Waals surface area contributed by atoms with E-state index in [2.05, 4.69) is 5.32 Å². The molecular formula is C14H9Cl2FINO. The minimum absolute atomic E-state index is 0.353. The summed E-state index contributed by atoms with van der Waals surface area (Å²) in [6.45, 7) is 1.82. The van der Waals surface area contributed by atoms with Crippen LogP contribution in [0.15, 0.2) is 30.3 Å². The van der Waals surface area contributed by atoms with Gasteiger partial charge in [-0.3, -0.25) is 4.79 Å². The van der Waals surface area contributed by atoms with Gasteiger partial charge >= 0.3 is 0 Å². The normalized spacial score (nSPS) is 10.4. The van der Waals surface area contributed by atoms with E-state index in [1.54, 1.807) is 12.1 Å². The van der Waals surface area contributed by atoms with Gasteiger partial charge in [0.2, 0.25) is 0 Å². The molecule has 6 heteroatoms. The van der Waals surface area contributed by atoms with Gasteiger partial charge in [-0.25, -0.2) is 4.39 Å². The van der Waals surface area contributed by atoms with E-state index in [4.69, 9.17) is 23.2 Å². The van der Waals surface area contributed by atoms with E-state index in [0.717, 1.165) is 5.56 Å². The number of hydrogen-bond donors (Lipinski definition) is 1. The molecule has 1 N–H and O–H groups in total. The second kappa shape index (κ2) is 6.28. The largest absolute Gasteiger partial charge is 0.319 e. The van der Waals surface area contributed by atoms with Gasteiger partial charge in [0.25, 0.3) is 5.91 Å². The molecule has 2 aromatic carbocycles. The Bertz CT molecular complexity index is 691. The maximum Gasteiger partial charge on any atom is 0.256 e. The topological polar surface area (TPSA) is 29.1 Å². The lowest BCUT2D eigenvalue weighted by molar-refractivity contribution is 0.102. The van der Waals surface area contributed by atoms with Crippen LogP contribution in [0.1, 0.15) is 15.9 Å². The molecule has 0 aliphatic heterocycles. The summed E-state index contributed by atoms with van der Waals surface area (Å²) in [7, 11) is 0. The zero-order valence-electron chi connectivity index (χ0n) is 10.3. The molecule has 2 nitrogen and oxygen atoms in total. The Labute approximate surface area is 139 Å². The van der Waals surface area contributed by atoms with Crippen molar-refractivity contribution in [2.45, 2.75) is 6.92 Å². The number of carbonyl (C=O) groups is 1. The molecule has 20 heavy (non-hydrogen) atoms. The van der Waals surface area contributed by atoms with Crippen LogP contribution in [0, 0.1) is 16.3 Å². The first-order valence-electron chi connectivity index (χ1n) is 5.61. The van der Waals surface area contributed by atoms with Crippen molar-refractivity contribution in [3.8, 4) is 0 Å². The van der Waals surface area contributed by atoms with Crippen molar-refractivity contribution < 1.29 is 9.18 Å². The third kappa shape index (κ3) is 3.24. The fourth-order valence-electron chi connectivity index (χ4n) is 1.63. The number of anilines is 1. The lowest BCUT2D eigenvalue weighted by Crippen LogP contribution is -2.14. The molecule has 0 bridgehead atoms. The lowest BCUT2D eigenvalue weighted by atomic mass is 10.2. The Morgan fingerprint density at radius 1 is 1.25 bits per heavy atom. The minimum Gasteiger partial charge on any atom is -0.319 e. The van der Waals surface area contributed by atoms with E-state index < -0.39 is 5.82 Å². The number of amides is 1. The summed E-state index contributed by atoms with van der Waals surface area (Å²) >= 11 is 14.1. The summed E-state index contributed by atoms with van der Waals surface area (Å²) in [5.74, 6) is -0.777. The average molecular weight is 424 g/mol. The summed E-state index contributed by atoms with van der Waals surface area (Å²) in [6.07, 6.45) is 0. The second-order valence-electron chi connectivity index (χ2n) is 4.13. The Hall–Kier alpha value is -0.850. The van der Waals surface area contributed by atoms with E-state index in [9.17, 15) is 9.18 Å². The van der Waals surface area contributed by atoms with Gasteiger partial charge in [0.1, 0.15) is 5.82 Å². The Balaban J connectivity index is 2.35. The number of aryl methyl sites for hydroxylation is 1. The first-order valence-corrected chi connectivity index (χ1v) is 7.44. The van der Waals surface area contributed by atoms with Crippen LogP contribution < -0.4 is 5.32 Å². The standard InChI is InChI=1S/C14H9Cl2FINO/c1-7-2-5-10(15)13(12(7)16)19-14(20)9-4-3-8(17)6-11(9)18/h2-6H,1H3,(H,19,20). The van der Waals surface area contributed by atoms with Gasteiger partial charge in [-0.05, 0) is 59.3 Å². The molecule has 0 radical (unpaired) electrons. The van der Waals surface area contributed by atoms with E-state index >= 15 is 0 Å². The molecule has 1 amide bonds. The molecule has 0 saturated carbocycles. The summed E-state index contributed by atoms with van der Waals surface area (Å²) < 4.78 is 13.6. The van der Waals surface area contributed by atoms with Crippen LogP contribution in [-0.4, -0.2) is 5.91 Å². The van der Waals surface area contributed by atoms with E-state index in [1.807, 2.05) is 29.5 Å². The maximum atomic E-state index is 13.0. The van der Waals surface area contributed by atoms with Gasteiger partial charge in [0, 0.05) is 3.57 Å². The Kier molecular flexibility index (Phi) is 4.88. The van der Waals surface area contributed by atoms with Crippen molar-refractivity contribution in [2.24, 2.45) is 0 Å². The summed E-state index contributed by atoms with van der Waals surface area (Å²) in [6, 6.07) is 7.37. The molecule has 0 unspecified atom stereocenters. The van der Waals surface area contributed by atoms with E-state index in [-0.39, 0.29) is 5.91 Å². The predicted octanol–water partition coefficient (Wildman–Crippen LogP) is 5.30. The molecular weight excluding hydrogens is 415 g/mol. The first-order chi connectivity index (χ1) is 9.40. The molecule has 0 saturated heterocycles. The highest BCUT2D eigenvalue weighted by Gasteiger charge is 2.15. The smallest absolute Gasteiger partial charge is 0.256 e. The molecule has 0 spiro atoms. The average Bonchev–Trinajstić information content (AvgIpc) is 2.39. The van der Waals surface area contributed by atoms with Gasteiger partial charge < -0.3 is 5.32 Å². The van der Waals surface area contributed by atoms with Crippen LogP contribution in [-0.2, 0) is 0 Å². The predicted molar refractivity (Wildman–Crippen MR) is 88.3 cm³/mol. The number of nitrogens with one attached hydrogen (secondary N) is 1. The molecule has 2 rings (SSSR count). The summed E-state index contributed by atoms with van der Waals surface area (Å²) in [5, 5.41) is 3.41. The van der Waals surface area contributed by atoms with E-state index in [0.29, 0.717) is 24.9 Å². The fraction of sp³-hybridized carbons (Fsp3) is 0.0714. The van der Waals surface area contributed by atoms with Gasteiger partial charge in [-0.15, -0.1) is 0 Å². The van der Waals surface area contributed by atoms with Crippen LogP contribution >= 0.6 is 45.8 Å². The molecule has 0 atom stereocenters. The van der Waals surface area contributed by atoms with Gasteiger partial charge in [-0.2, -0.15) is 0 Å². The van der Waals surface area contributed by atoms with Crippen molar-refractivity contribution in [2.75, 3.05) is 5.32 Å². The fourth-order valence-corrected chi connectivity index (χ4v) is 2.81. The minimum atomic E-state index is -0.391. The molecule has 0 heterocycles. The lowest BCUT2D eigenvalue weighted by Gasteiger charge is -2.12. The van der Waals surface area contributed by atoms with Crippen LogP contribution in [0.2, 0.25) is 10.0 Å². The van der Waals surface area contributed by atoms with Crippen molar-refractivity contribution >= 4 is 57.4 Å². The highest BCUT2D eigenvalue weighted by atomic mass is 127. The highest BCUT2D eigenvalue weighted by Crippen LogP contribution is 2.33. The van der Waals surface area contributed by atoms with Crippen molar-refractivity contribution in [3.05, 3.63) is 60.9 Å². The Morgan fingerprint density at radius 2 is 1.95 bits per heavy atom. The second-order valence-corrected chi connectivity index (χ2v) is 6.08. The van der Waals surface area contributed by atoms with Gasteiger partial charge in [0.15, 0.2) is 0 Å². The van der Waals surface area contributed by atoms with Crippen LogP contribution in [0.3, 0.4) is 0 Å². The molecule has 0 fully saturated rings.